The highest BCUT2D eigenvalue weighted by atomic mass is 16.6. The predicted octanol–water partition coefficient (Wildman–Crippen LogP) is 4.68. The van der Waals surface area contributed by atoms with E-state index >= 15 is 0 Å². The lowest BCUT2D eigenvalue weighted by Crippen LogP contribution is -2.50. The van der Waals surface area contributed by atoms with Gasteiger partial charge in [0.25, 0.3) is 0 Å². The van der Waals surface area contributed by atoms with Gasteiger partial charge in [0, 0.05) is 25.7 Å². The first-order valence-electron chi connectivity index (χ1n) is 9.71. The molecule has 1 heterocycles. The van der Waals surface area contributed by atoms with E-state index in [2.05, 4.69) is 39.9 Å². The minimum absolute atomic E-state index is 0.164. The number of amides is 1. The Balaban J connectivity index is 2.59. The van der Waals surface area contributed by atoms with Gasteiger partial charge < -0.3 is 15.0 Å². The average Bonchev–Trinajstić information content (AvgIpc) is 2.45. The first-order chi connectivity index (χ1) is 11.0. The largest absolute Gasteiger partial charge is 0.444 e. The van der Waals surface area contributed by atoms with Crippen LogP contribution >= 0.6 is 0 Å². The van der Waals surface area contributed by atoms with Gasteiger partial charge in [-0.05, 0) is 57.3 Å². The zero-order valence-corrected chi connectivity index (χ0v) is 17.2. The Morgan fingerprint density at radius 1 is 1.12 bits per heavy atom. The smallest absolute Gasteiger partial charge is 0.410 e. The summed E-state index contributed by atoms with van der Waals surface area (Å²) in [4.78, 5) is 14.1. The summed E-state index contributed by atoms with van der Waals surface area (Å²) in [7, 11) is 0. The molecule has 0 radical (unpaired) electrons. The lowest BCUT2D eigenvalue weighted by molar-refractivity contribution is 0.00875. The molecule has 0 aromatic carbocycles. The molecule has 0 unspecified atom stereocenters. The topological polar surface area (TPSA) is 41.6 Å². The van der Waals surface area contributed by atoms with E-state index < -0.39 is 5.60 Å². The Labute approximate surface area is 149 Å². The van der Waals surface area contributed by atoms with E-state index in [1.54, 1.807) is 0 Å². The highest BCUT2D eigenvalue weighted by Gasteiger charge is 2.36. The number of likely N-dealkylation sites (tertiary alicyclic amines) is 1. The van der Waals surface area contributed by atoms with Crippen LogP contribution in [-0.4, -0.2) is 42.3 Å². The van der Waals surface area contributed by atoms with Crippen molar-refractivity contribution in [3.63, 3.8) is 0 Å². The molecule has 0 saturated carbocycles. The molecule has 0 aliphatic carbocycles. The summed E-state index contributed by atoms with van der Waals surface area (Å²) in [6, 6.07) is 0.553. The molecule has 1 saturated heterocycles. The first-order valence-corrected chi connectivity index (χ1v) is 9.71. The molecule has 0 bridgehead atoms. The summed E-state index contributed by atoms with van der Waals surface area (Å²) in [6.45, 7) is 19.9. The fourth-order valence-electron chi connectivity index (χ4n) is 3.72. The Kier molecular flexibility index (Phi) is 7.58. The maximum absolute atomic E-state index is 12.2. The lowest BCUT2D eigenvalue weighted by Gasteiger charge is -2.43. The standard InChI is InChI=1S/C20H40N2O2/c1-9-20(14-21-17(15(2)3)16(4)5)10-12-22(13-11-20)18(23)24-19(6,7)8/h15-17,21H,9-14H2,1-8H3. The van der Waals surface area contributed by atoms with E-state index in [-0.39, 0.29) is 6.09 Å². The summed E-state index contributed by atoms with van der Waals surface area (Å²) in [6.07, 6.45) is 3.10. The molecule has 1 rings (SSSR count). The Hall–Kier alpha value is -0.770. The highest BCUT2D eigenvalue weighted by molar-refractivity contribution is 5.68. The highest BCUT2D eigenvalue weighted by Crippen LogP contribution is 2.35. The summed E-state index contributed by atoms with van der Waals surface area (Å²) in [5.41, 5.74) is -0.111. The van der Waals surface area contributed by atoms with Gasteiger partial charge in [-0.1, -0.05) is 34.6 Å². The quantitative estimate of drug-likeness (QED) is 0.763. The van der Waals surface area contributed by atoms with Gasteiger partial charge in [-0.2, -0.15) is 0 Å². The van der Waals surface area contributed by atoms with Gasteiger partial charge in [0.1, 0.15) is 5.60 Å². The van der Waals surface area contributed by atoms with Crippen molar-refractivity contribution < 1.29 is 9.53 Å². The number of nitrogens with zero attached hydrogens (tertiary/aromatic N) is 1. The van der Waals surface area contributed by atoms with Crippen LogP contribution < -0.4 is 5.32 Å². The summed E-state index contributed by atoms with van der Waals surface area (Å²) >= 11 is 0. The van der Waals surface area contributed by atoms with Gasteiger partial charge in [0.15, 0.2) is 0 Å². The summed E-state index contributed by atoms with van der Waals surface area (Å²) in [5.74, 6) is 1.28. The maximum Gasteiger partial charge on any atom is 0.410 e. The monoisotopic (exact) mass is 340 g/mol. The van der Waals surface area contributed by atoms with Gasteiger partial charge in [-0.3, -0.25) is 0 Å². The van der Waals surface area contributed by atoms with Crippen LogP contribution in [0.2, 0.25) is 0 Å². The first kappa shape index (κ1) is 21.3. The second-order valence-corrected chi connectivity index (χ2v) is 9.22. The zero-order chi connectivity index (χ0) is 18.5. The van der Waals surface area contributed by atoms with Gasteiger partial charge in [-0.25, -0.2) is 4.79 Å². The maximum atomic E-state index is 12.2. The third-order valence-electron chi connectivity index (χ3n) is 5.38. The number of carbonyl (C=O) groups is 1. The fourth-order valence-corrected chi connectivity index (χ4v) is 3.72. The van der Waals surface area contributed by atoms with Crippen LogP contribution in [-0.2, 0) is 4.74 Å². The molecule has 0 spiro atoms. The minimum atomic E-state index is -0.417. The second-order valence-electron chi connectivity index (χ2n) is 9.22. The van der Waals surface area contributed by atoms with Gasteiger partial charge in [0.05, 0.1) is 0 Å². The molecule has 24 heavy (non-hydrogen) atoms. The van der Waals surface area contributed by atoms with E-state index in [0.717, 1.165) is 38.9 Å². The van der Waals surface area contributed by atoms with E-state index in [1.807, 2.05) is 25.7 Å². The van der Waals surface area contributed by atoms with E-state index in [9.17, 15) is 4.79 Å². The number of carbonyl (C=O) groups excluding carboxylic acids is 1. The molecule has 0 atom stereocenters. The molecule has 0 aromatic heterocycles. The molecular formula is C20H40N2O2. The van der Waals surface area contributed by atoms with E-state index in [0.29, 0.717) is 23.3 Å². The Morgan fingerprint density at radius 2 is 1.62 bits per heavy atom. The van der Waals surface area contributed by atoms with Crippen molar-refractivity contribution in [1.29, 1.82) is 0 Å². The molecular weight excluding hydrogens is 300 g/mol. The van der Waals surface area contributed by atoms with Crippen molar-refractivity contribution in [2.24, 2.45) is 17.3 Å². The van der Waals surface area contributed by atoms with Crippen LogP contribution in [0.5, 0.6) is 0 Å². The molecule has 142 valence electrons. The molecule has 1 N–H and O–H groups in total. The van der Waals surface area contributed by atoms with Crippen LogP contribution in [0.3, 0.4) is 0 Å². The molecule has 1 aliphatic heterocycles. The minimum Gasteiger partial charge on any atom is -0.444 e. The zero-order valence-electron chi connectivity index (χ0n) is 17.2. The van der Waals surface area contributed by atoms with Crippen LogP contribution in [0, 0.1) is 17.3 Å². The Bertz CT molecular complexity index is 383. The van der Waals surface area contributed by atoms with Crippen molar-refractivity contribution in [1.82, 2.24) is 10.2 Å². The van der Waals surface area contributed by atoms with Gasteiger partial charge in [0.2, 0.25) is 0 Å². The summed E-state index contributed by atoms with van der Waals surface area (Å²) in [5, 5.41) is 3.83. The SMILES string of the molecule is CCC1(CNC(C(C)C)C(C)C)CCN(C(=O)OC(C)(C)C)CC1. The number of piperidine rings is 1. The van der Waals surface area contributed by atoms with Crippen LogP contribution in [0.1, 0.15) is 74.7 Å². The number of hydrogen-bond acceptors (Lipinski definition) is 3. The van der Waals surface area contributed by atoms with Crippen LogP contribution in [0.15, 0.2) is 0 Å². The number of nitrogens with one attached hydrogen (secondary N) is 1. The fraction of sp³-hybridized carbons (Fsp3) is 0.950. The van der Waals surface area contributed by atoms with E-state index in [4.69, 9.17) is 4.74 Å². The van der Waals surface area contributed by atoms with Crippen LogP contribution in [0.25, 0.3) is 0 Å². The molecule has 4 heteroatoms. The van der Waals surface area contributed by atoms with Gasteiger partial charge in [-0.15, -0.1) is 0 Å². The molecule has 1 amide bonds. The summed E-state index contributed by atoms with van der Waals surface area (Å²) < 4.78 is 5.51. The number of ether oxygens (including phenoxy) is 1. The number of rotatable bonds is 6. The normalized spacial score (nSPS) is 18.5. The average molecular weight is 341 g/mol. The lowest BCUT2D eigenvalue weighted by atomic mass is 9.75. The third kappa shape index (κ3) is 6.27. The number of hydrogen-bond donors (Lipinski definition) is 1. The van der Waals surface area contributed by atoms with Crippen molar-refractivity contribution in [2.45, 2.75) is 86.3 Å². The molecule has 4 nitrogen and oxygen atoms in total. The van der Waals surface area contributed by atoms with Crippen molar-refractivity contribution >= 4 is 6.09 Å². The van der Waals surface area contributed by atoms with Crippen molar-refractivity contribution in [3.8, 4) is 0 Å². The molecule has 0 aromatic rings. The van der Waals surface area contributed by atoms with Crippen molar-refractivity contribution in [3.05, 3.63) is 0 Å². The van der Waals surface area contributed by atoms with Gasteiger partial charge >= 0.3 is 6.09 Å². The second kappa shape index (κ2) is 8.55. The van der Waals surface area contributed by atoms with Crippen LogP contribution in [0.4, 0.5) is 4.79 Å². The Morgan fingerprint density at radius 3 is 2.00 bits per heavy atom. The molecule has 1 fully saturated rings. The predicted molar refractivity (Wildman–Crippen MR) is 101 cm³/mol. The van der Waals surface area contributed by atoms with E-state index in [1.165, 1.54) is 0 Å². The molecule has 1 aliphatic rings. The third-order valence-corrected chi connectivity index (χ3v) is 5.38. The van der Waals surface area contributed by atoms with Crippen molar-refractivity contribution in [2.75, 3.05) is 19.6 Å².